The molecule has 0 radical (unpaired) electrons. The van der Waals surface area contributed by atoms with Crippen LogP contribution in [0.25, 0.3) is 0 Å². The van der Waals surface area contributed by atoms with Crippen LogP contribution >= 0.6 is 0 Å². The van der Waals surface area contributed by atoms with E-state index < -0.39 is 0 Å². The number of unbranched alkanes of at least 4 members (excludes halogenated alkanes) is 4. The summed E-state index contributed by atoms with van der Waals surface area (Å²) < 4.78 is 4.65. The number of carbonyl (C=O) groups excluding carboxylic acids is 1. The molecule has 3 aliphatic heterocycles. The van der Waals surface area contributed by atoms with Crippen molar-refractivity contribution in [1.82, 2.24) is 16.0 Å². The lowest BCUT2D eigenvalue weighted by Gasteiger charge is -2.01. The molecule has 3 N–H and O–H groups in total. The molecule has 3 aliphatic rings. The Morgan fingerprint density at radius 2 is 1.33 bits per heavy atom. The van der Waals surface area contributed by atoms with Gasteiger partial charge in [0.25, 0.3) is 0 Å². The third kappa shape index (κ3) is 5.71. The van der Waals surface area contributed by atoms with E-state index in [9.17, 15) is 4.79 Å². The lowest BCUT2D eigenvalue weighted by molar-refractivity contribution is -0.140. The van der Waals surface area contributed by atoms with Gasteiger partial charge in [0.2, 0.25) is 0 Å². The molecule has 0 aromatic heterocycles. The monoisotopic (exact) mass is 337 g/mol. The molecule has 138 valence electrons. The van der Waals surface area contributed by atoms with Gasteiger partial charge in [-0.25, -0.2) is 0 Å². The predicted octanol–water partition coefficient (Wildman–Crippen LogP) is 2.10. The highest BCUT2D eigenvalue weighted by Gasteiger charge is 2.47. The Morgan fingerprint density at radius 3 is 2.00 bits per heavy atom. The Balaban J connectivity index is 1.12. The van der Waals surface area contributed by atoms with Crippen LogP contribution in [0.3, 0.4) is 0 Å². The van der Waals surface area contributed by atoms with Crippen molar-refractivity contribution < 1.29 is 9.53 Å². The van der Waals surface area contributed by atoms with Crippen LogP contribution in [0.5, 0.6) is 0 Å². The summed E-state index contributed by atoms with van der Waals surface area (Å²) in [5, 5.41) is 10.9. The number of methoxy groups -OCH3 is 1. The van der Waals surface area contributed by atoms with Gasteiger partial charge in [-0.1, -0.05) is 32.6 Å². The van der Waals surface area contributed by atoms with Crippen LogP contribution in [0.4, 0.5) is 0 Å². The van der Waals surface area contributed by atoms with E-state index in [0.29, 0.717) is 6.42 Å². The molecular weight excluding hydrogens is 302 g/mol. The Labute approximate surface area is 146 Å². The van der Waals surface area contributed by atoms with E-state index in [1.165, 1.54) is 52.1 Å². The number of rotatable bonds is 13. The van der Waals surface area contributed by atoms with E-state index in [1.54, 1.807) is 0 Å². The van der Waals surface area contributed by atoms with Crippen LogP contribution in [0.15, 0.2) is 0 Å². The van der Waals surface area contributed by atoms with Crippen molar-refractivity contribution in [2.45, 2.75) is 107 Å². The number of nitrogens with one attached hydrogen (secondary N) is 3. The highest BCUT2D eigenvalue weighted by molar-refractivity contribution is 5.68. The number of ether oxygens (including phenoxy) is 1. The van der Waals surface area contributed by atoms with Crippen LogP contribution in [0.1, 0.15) is 71.1 Å². The molecule has 0 spiro atoms. The van der Waals surface area contributed by atoms with Crippen molar-refractivity contribution in [2.75, 3.05) is 7.11 Å². The minimum absolute atomic E-state index is 0.0744. The maximum Gasteiger partial charge on any atom is 0.305 e. The summed E-state index contributed by atoms with van der Waals surface area (Å²) in [6.45, 7) is 2.27. The standard InChI is InChI=1S/C19H35N3O2/c1-3-13-15(20-13)11-17-18(22-17)12-16-14(21-16)9-7-5-4-6-8-10-19(23)24-2/h13-18,20-22H,3-12H2,1-2H3/t13-,14+,15+,16-,17-,18+/m1/s1. The average Bonchev–Trinajstić information content (AvgIpc) is 3.48. The molecule has 0 unspecified atom stereocenters. The van der Waals surface area contributed by atoms with Gasteiger partial charge in [0.1, 0.15) is 0 Å². The first kappa shape index (κ1) is 18.2. The lowest BCUT2D eigenvalue weighted by atomic mass is 10.0. The summed E-state index contributed by atoms with van der Waals surface area (Å²) in [6, 6.07) is 4.67. The van der Waals surface area contributed by atoms with Crippen molar-refractivity contribution in [3.63, 3.8) is 0 Å². The van der Waals surface area contributed by atoms with E-state index in [4.69, 9.17) is 0 Å². The molecule has 5 nitrogen and oxygen atoms in total. The first-order valence-electron chi connectivity index (χ1n) is 10.1. The highest BCUT2D eigenvalue weighted by Crippen LogP contribution is 2.31. The molecule has 5 heteroatoms. The molecule has 6 atom stereocenters. The lowest BCUT2D eigenvalue weighted by Crippen LogP contribution is -2.06. The largest absolute Gasteiger partial charge is 0.469 e. The van der Waals surface area contributed by atoms with Gasteiger partial charge in [-0.3, -0.25) is 4.79 Å². The third-order valence-corrected chi connectivity index (χ3v) is 5.99. The molecule has 0 aliphatic carbocycles. The van der Waals surface area contributed by atoms with Crippen molar-refractivity contribution in [3.8, 4) is 0 Å². The maximum absolute atomic E-state index is 11.0. The average molecular weight is 338 g/mol. The van der Waals surface area contributed by atoms with Crippen LogP contribution in [0.2, 0.25) is 0 Å². The Kier molecular flexibility index (Phi) is 6.53. The Bertz CT molecular complexity index is 417. The topological polar surface area (TPSA) is 92.1 Å². The second kappa shape index (κ2) is 8.63. The zero-order valence-electron chi connectivity index (χ0n) is 15.4. The van der Waals surface area contributed by atoms with Gasteiger partial charge in [0.15, 0.2) is 0 Å². The number of hydrogen-bond donors (Lipinski definition) is 3. The van der Waals surface area contributed by atoms with E-state index in [0.717, 1.165) is 49.1 Å². The molecule has 3 saturated heterocycles. The van der Waals surface area contributed by atoms with Crippen molar-refractivity contribution in [2.24, 2.45) is 0 Å². The van der Waals surface area contributed by atoms with E-state index in [-0.39, 0.29) is 5.97 Å². The number of esters is 1. The van der Waals surface area contributed by atoms with Crippen molar-refractivity contribution >= 4 is 5.97 Å². The molecule has 0 bridgehead atoms. The summed E-state index contributed by atoms with van der Waals surface area (Å²) in [7, 11) is 1.46. The van der Waals surface area contributed by atoms with E-state index >= 15 is 0 Å². The first-order chi connectivity index (χ1) is 11.7. The second-order valence-corrected chi connectivity index (χ2v) is 7.90. The van der Waals surface area contributed by atoms with E-state index in [1.807, 2.05) is 0 Å². The van der Waals surface area contributed by atoms with Gasteiger partial charge < -0.3 is 20.7 Å². The SMILES string of the molecule is CC[C@H]1N[C@H]1C[C@H]1N[C@H]1C[C@H]1N[C@H]1CCCCCCCC(=O)OC. The van der Waals surface area contributed by atoms with Gasteiger partial charge in [-0.2, -0.15) is 0 Å². The van der Waals surface area contributed by atoms with Gasteiger partial charge in [0.05, 0.1) is 7.11 Å². The summed E-state index contributed by atoms with van der Waals surface area (Å²) in [5.74, 6) is -0.0744. The fourth-order valence-corrected chi connectivity index (χ4v) is 4.09. The predicted molar refractivity (Wildman–Crippen MR) is 96.0 cm³/mol. The molecule has 0 aromatic rings. The highest BCUT2D eigenvalue weighted by atomic mass is 16.5. The zero-order valence-corrected chi connectivity index (χ0v) is 15.4. The van der Waals surface area contributed by atoms with Gasteiger partial charge in [-0.15, -0.1) is 0 Å². The van der Waals surface area contributed by atoms with Crippen LogP contribution in [-0.2, 0) is 9.53 Å². The van der Waals surface area contributed by atoms with Crippen LogP contribution < -0.4 is 16.0 Å². The molecular formula is C19H35N3O2. The zero-order chi connectivity index (χ0) is 16.9. The summed E-state index contributed by atoms with van der Waals surface area (Å²) in [5.41, 5.74) is 0. The second-order valence-electron chi connectivity index (χ2n) is 7.90. The molecule has 3 fully saturated rings. The first-order valence-corrected chi connectivity index (χ1v) is 10.1. The molecule has 3 rings (SSSR count). The normalized spacial score (nSPS) is 36.4. The Morgan fingerprint density at radius 1 is 0.792 bits per heavy atom. The third-order valence-electron chi connectivity index (χ3n) is 5.99. The maximum atomic E-state index is 11.0. The molecule has 24 heavy (non-hydrogen) atoms. The van der Waals surface area contributed by atoms with E-state index in [2.05, 4.69) is 27.6 Å². The van der Waals surface area contributed by atoms with Gasteiger partial charge >= 0.3 is 5.97 Å². The number of carbonyl (C=O) groups is 1. The smallest absolute Gasteiger partial charge is 0.305 e. The minimum atomic E-state index is -0.0744. The molecule has 3 heterocycles. The molecule has 0 saturated carbocycles. The molecule has 0 aromatic carbocycles. The summed E-state index contributed by atoms with van der Waals surface area (Å²) >= 11 is 0. The quantitative estimate of drug-likeness (QED) is 0.272. The minimum Gasteiger partial charge on any atom is -0.469 e. The van der Waals surface area contributed by atoms with Crippen molar-refractivity contribution in [1.29, 1.82) is 0 Å². The van der Waals surface area contributed by atoms with Gasteiger partial charge in [0, 0.05) is 42.7 Å². The van der Waals surface area contributed by atoms with Gasteiger partial charge in [-0.05, 0) is 32.1 Å². The fraction of sp³-hybridized carbons (Fsp3) is 0.947. The fourth-order valence-electron chi connectivity index (χ4n) is 4.09. The summed E-state index contributed by atoms with van der Waals surface area (Å²) in [6.07, 6.45) is 11.8. The molecule has 0 amide bonds. The Hall–Kier alpha value is -0.650. The van der Waals surface area contributed by atoms with Crippen LogP contribution in [0, 0.1) is 0 Å². The number of hydrogen-bond acceptors (Lipinski definition) is 5. The van der Waals surface area contributed by atoms with Crippen molar-refractivity contribution in [3.05, 3.63) is 0 Å². The summed E-state index contributed by atoms with van der Waals surface area (Å²) in [4.78, 5) is 11.0. The van der Waals surface area contributed by atoms with Crippen LogP contribution in [-0.4, -0.2) is 49.3 Å².